The molecule has 3 rings (SSSR count). The highest BCUT2D eigenvalue weighted by molar-refractivity contribution is 9.08. The topological polar surface area (TPSA) is 51.2 Å². The highest BCUT2D eigenvalue weighted by Gasteiger charge is 2.14. The molecule has 0 saturated carbocycles. The molecule has 0 spiro atoms. The molecule has 6 heteroatoms. The van der Waals surface area contributed by atoms with E-state index in [9.17, 15) is 4.79 Å². The fraction of sp³-hybridized carbons (Fsp3) is 0.100. The maximum Gasteiger partial charge on any atom is 0.259 e. The van der Waals surface area contributed by atoms with Crippen molar-refractivity contribution in [2.24, 2.45) is 0 Å². The van der Waals surface area contributed by atoms with Crippen LogP contribution in [0.3, 0.4) is 0 Å². The maximum absolute atomic E-state index is 12.7. The molecule has 26 heavy (non-hydrogen) atoms. The number of pyridine rings is 1. The second-order valence-corrected chi connectivity index (χ2v) is 6.50. The van der Waals surface area contributed by atoms with Gasteiger partial charge in [-0.2, -0.15) is 0 Å². The van der Waals surface area contributed by atoms with Crippen molar-refractivity contribution in [2.75, 3.05) is 12.4 Å². The molecular formula is C20H16BrClN2O2. The van der Waals surface area contributed by atoms with Gasteiger partial charge >= 0.3 is 0 Å². The van der Waals surface area contributed by atoms with Crippen LogP contribution >= 0.6 is 27.5 Å². The number of ether oxygens (including phenoxy) is 1. The Hall–Kier alpha value is -2.37. The molecule has 0 unspecified atom stereocenters. The molecule has 132 valence electrons. The lowest BCUT2D eigenvalue weighted by Crippen LogP contribution is -2.13. The van der Waals surface area contributed by atoms with Gasteiger partial charge in [0.2, 0.25) is 0 Å². The summed E-state index contributed by atoms with van der Waals surface area (Å²) in [5, 5.41) is 4.15. The second kappa shape index (κ2) is 8.34. The number of halogens is 2. The number of benzene rings is 2. The van der Waals surface area contributed by atoms with E-state index in [4.69, 9.17) is 16.3 Å². The quantitative estimate of drug-likeness (QED) is 0.538. The van der Waals surface area contributed by atoms with Gasteiger partial charge in [-0.25, -0.2) is 0 Å². The van der Waals surface area contributed by atoms with Crippen molar-refractivity contribution in [3.05, 3.63) is 76.9 Å². The summed E-state index contributed by atoms with van der Waals surface area (Å²) in [6.45, 7) is 0. The Bertz CT molecular complexity index is 932. The van der Waals surface area contributed by atoms with Gasteiger partial charge in [0.1, 0.15) is 5.75 Å². The van der Waals surface area contributed by atoms with Gasteiger partial charge in [-0.05, 0) is 48.0 Å². The molecule has 4 nitrogen and oxygen atoms in total. The minimum Gasteiger partial charge on any atom is -0.496 e. The van der Waals surface area contributed by atoms with E-state index >= 15 is 0 Å². The number of carbonyl (C=O) groups is 1. The van der Waals surface area contributed by atoms with Crippen molar-refractivity contribution in [1.82, 2.24) is 4.98 Å². The van der Waals surface area contributed by atoms with Gasteiger partial charge in [-0.3, -0.25) is 9.78 Å². The number of nitrogens with zero attached hydrogens (tertiary/aromatic N) is 1. The van der Waals surface area contributed by atoms with Crippen LogP contribution in [0.2, 0.25) is 5.02 Å². The van der Waals surface area contributed by atoms with Crippen LogP contribution in [0.5, 0.6) is 5.75 Å². The molecule has 0 aliphatic heterocycles. The summed E-state index contributed by atoms with van der Waals surface area (Å²) in [5.74, 6) is 0.274. The maximum atomic E-state index is 12.7. The van der Waals surface area contributed by atoms with E-state index in [0.29, 0.717) is 27.4 Å². The van der Waals surface area contributed by atoms with Crippen LogP contribution in [0.15, 0.2) is 60.8 Å². The summed E-state index contributed by atoms with van der Waals surface area (Å²) in [7, 11) is 1.55. The SMILES string of the molecule is COc1cc(CBr)ccc1C(=O)Nc1ccc(Cl)c(-c2ccccn2)c1. The first kappa shape index (κ1) is 18.4. The number of aromatic nitrogens is 1. The van der Waals surface area contributed by atoms with Crippen LogP contribution in [0.1, 0.15) is 15.9 Å². The van der Waals surface area contributed by atoms with E-state index in [-0.39, 0.29) is 5.91 Å². The second-order valence-electron chi connectivity index (χ2n) is 5.53. The summed E-state index contributed by atoms with van der Waals surface area (Å²) in [4.78, 5) is 17.0. The summed E-state index contributed by atoms with van der Waals surface area (Å²) in [6.07, 6.45) is 1.70. The number of amides is 1. The van der Waals surface area contributed by atoms with Crippen LogP contribution in [0.25, 0.3) is 11.3 Å². The number of carbonyl (C=O) groups excluding carboxylic acids is 1. The Morgan fingerprint density at radius 1 is 1.19 bits per heavy atom. The van der Waals surface area contributed by atoms with Crippen molar-refractivity contribution in [1.29, 1.82) is 0 Å². The molecule has 0 atom stereocenters. The molecule has 0 aliphatic rings. The zero-order valence-electron chi connectivity index (χ0n) is 14.0. The van der Waals surface area contributed by atoms with E-state index in [1.807, 2.05) is 36.4 Å². The zero-order chi connectivity index (χ0) is 18.5. The van der Waals surface area contributed by atoms with E-state index in [2.05, 4.69) is 26.2 Å². The highest BCUT2D eigenvalue weighted by Crippen LogP contribution is 2.30. The molecule has 1 N–H and O–H groups in total. The number of methoxy groups -OCH3 is 1. The Morgan fingerprint density at radius 2 is 2.04 bits per heavy atom. The van der Waals surface area contributed by atoms with Crippen LogP contribution in [0, 0.1) is 0 Å². The van der Waals surface area contributed by atoms with E-state index in [0.717, 1.165) is 16.8 Å². The predicted molar refractivity (Wildman–Crippen MR) is 108 cm³/mol. The van der Waals surface area contributed by atoms with E-state index < -0.39 is 0 Å². The number of hydrogen-bond donors (Lipinski definition) is 1. The van der Waals surface area contributed by atoms with Gasteiger partial charge < -0.3 is 10.1 Å². The first-order valence-electron chi connectivity index (χ1n) is 7.87. The summed E-state index contributed by atoms with van der Waals surface area (Å²) < 4.78 is 5.35. The van der Waals surface area contributed by atoms with Gasteiger partial charge in [0.25, 0.3) is 5.91 Å². The third kappa shape index (κ3) is 4.06. The van der Waals surface area contributed by atoms with Crippen LogP contribution in [-0.2, 0) is 5.33 Å². The van der Waals surface area contributed by atoms with Crippen LogP contribution < -0.4 is 10.1 Å². The smallest absolute Gasteiger partial charge is 0.259 e. The molecule has 0 fully saturated rings. The Kier molecular flexibility index (Phi) is 5.91. The summed E-state index contributed by atoms with van der Waals surface area (Å²) in [6, 6.07) is 16.4. The minimum atomic E-state index is -0.253. The van der Waals surface area contributed by atoms with Crippen molar-refractivity contribution in [3.63, 3.8) is 0 Å². The third-order valence-electron chi connectivity index (χ3n) is 3.83. The Labute approximate surface area is 165 Å². The highest BCUT2D eigenvalue weighted by atomic mass is 79.9. The van der Waals surface area contributed by atoms with Crippen LogP contribution in [0.4, 0.5) is 5.69 Å². The predicted octanol–water partition coefficient (Wildman–Crippen LogP) is 5.56. The lowest BCUT2D eigenvalue weighted by Gasteiger charge is -2.12. The molecule has 1 heterocycles. The Balaban J connectivity index is 1.89. The fourth-order valence-electron chi connectivity index (χ4n) is 2.53. The monoisotopic (exact) mass is 430 g/mol. The Morgan fingerprint density at radius 3 is 2.73 bits per heavy atom. The zero-order valence-corrected chi connectivity index (χ0v) is 16.3. The number of rotatable bonds is 5. The van der Waals surface area contributed by atoms with E-state index in [1.54, 1.807) is 31.5 Å². The molecule has 1 amide bonds. The van der Waals surface area contributed by atoms with Crippen molar-refractivity contribution in [3.8, 4) is 17.0 Å². The molecule has 0 aliphatic carbocycles. The lowest BCUT2D eigenvalue weighted by atomic mass is 10.1. The molecule has 3 aromatic rings. The van der Waals surface area contributed by atoms with Crippen molar-refractivity contribution >= 4 is 39.1 Å². The van der Waals surface area contributed by atoms with Gasteiger partial charge in [-0.15, -0.1) is 0 Å². The number of nitrogens with one attached hydrogen (secondary N) is 1. The average Bonchev–Trinajstić information content (AvgIpc) is 2.69. The molecule has 0 radical (unpaired) electrons. The first-order valence-corrected chi connectivity index (χ1v) is 9.37. The van der Waals surface area contributed by atoms with Gasteiger partial charge in [0, 0.05) is 22.8 Å². The fourth-order valence-corrected chi connectivity index (χ4v) is 3.09. The summed E-state index contributed by atoms with van der Waals surface area (Å²) >= 11 is 9.69. The first-order chi connectivity index (χ1) is 12.6. The molecule has 1 aromatic heterocycles. The number of alkyl halides is 1. The van der Waals surface area contributed by atoms with Gasteiger partial charge in [-0.1, -0.05) is 39.7 Å². The van der Waals surface area contributed by atoms with Crippen molar-refractivity contribution < 1.29 is 9.53 Å². The summed E-state index contributed by atoms with van der Waals surface area (Å²) in [5.41, 5.74) is 3.63. The standard InChI is InChI=1S/C20H16BrClN2O2/c1-26-19-10-13(12-21)5-7-15(19)20(25)24-14-6-8-17(22)16(11-14)18-4-2-3-9-23-18/h2-11H,12H2,1H3,(H,24,25). The van der Waals surface area contributed by atoms with Gasteiger partial charge in [0.05, 0.1) is 23.4 Å². The van der Waals surface area contributed by atoms with Gasteiger partial charge in [0.15, 0.2) is 0 Å². The van der Waals surface area contributed by atoms with Crippen LogP contribution in [-0.4, -0.2) is 18.0 Å². The molecular weight excluding hydrogens is 416 g/mol. The molecule has 2 aromatic carbocycles. The number of anilines is 1. The normalized spacial score (nSPS) is 10.4. The van der Waals surface area contributed by atoms with E-state index in [1.165, 1.54) is 0 Å². The number of hydrogen-bond acceptors (Lipinski definition) is 3. The average molecular weight is 432 g/mol. The van der Waals surface area contributed by atoms with Crippen molar-refractivity contribution in [2.45, 2.75) is 5.33 Å². The lowest BCUT2D eigenvalue weighted by molar-refractivity contribution is 0.102. The minimum absolute atomic E-state index is 0.253. The largest absolute Gasteiger partial charge is 0.496 e. The third-order valence-corrected chi connectivity index (χ3v) is 4.81. The molecule has 0 bridgehead atoms. The molecule has 0 saturated heterocycles.